The Balaban J connectivity index is 1.58. The summed E-state index contributed by atoms with van der Waals surface area (Å²) in [6.07, 6.45) is 6.83. The number of rotatable bonds is 3. The molecule has 20 heavy (non-hydrogen) atoms. The number of amides is 1. The highest BCUT2D eigenvalue weighted by atomic mass is 16.5. The van der Waals surface area contributed by atoms with Gasteiger partial charge in [0.25, 0.3) is 5.91 Å². The average molecular weight is 278 g/mol. The summed E-state index contributed by atoms with van der Waals surface area (Å²) in [6.45, 7) is 2.98. The number of hydrogen-bond donors (Lipinski definition) is 2. The molecule has 2 unspecified atom stereocenters. The predicted molar refractivity (Wildman–Crippen MR) is 73.5 cm³/mol. The molecule has 3 rings (SSSR count). The van der Waals surface area contributed by atoms with E-state index in [-0.39, 0.29) is 5.69 Å². The first kappa shape index (κ1) is 13.6. The van der Waals surface area contributed by atoms with E-state index in [0.717, 1.165) is 37.2 Å². The van der Waals surface area contributed by atoms with E-state index in [1.165, 1.54) is 32.1 Å². The van der Waals surface area contributed by atoms with Gasteiger partial charge in [0.15, 0.2) is 11.5 Å². The molecular weight excluding hydrogens is 256 g/mol. The number of hydrazine groups is 1. The largest absolute Gasteiger partial charge is 0.359 e. The molecule has 1 saturated heterocycles. The van der Waals surface area contributed by atoms with Gasteiger partial charge in [-0.2, -0.15) is 0 Å². The van der Waals surface area contributed by atoms with Crippen LogP contribution in [0, 0.1) is 11.8 Å². The number of nitrogens with one attached hydrogen (secondary N) is 1. The fraction of sp³-hybridized carbons (Fsp3) is 0.714. The van der Waals surface area contributed by atoms with E-state index in [9.17, 15) is 4.79 Å². The second-order valence-corrected chi connectivity index (χ2v) is 5.98. The lowest BCUT2D eigenvalue weighted by Crippen LogP contribution is -2.41. The van der Waals surface area contributed by atoms with Crippen LogP contribution < -0.4 is 11.3 Å². The number of aromatic nitrogens is 1. The molecule has 0 radical (unpaired) electrons. The molecule has 6 nitrogen and oxygen atoms in total. The van der Waals surface area contributed by atoms with Crippen molar-refractivity contribution in [2.45, 2.75) is 38.6 Å². The van der Waals surface area contributed by atoms with E-state index in [0.29, 0.717) is 0 Å². The van der Waals surface area contributed by atoms with Crippen LogP contribution in [0.4, 0.5) is 0 Å². The van der Waals surface area contributed by atoms with Gasteiger partial charge in [-0.05, 0) is 31.2 Å². The van der Waals surface area contributed by atoms with Gasteiger partial charge in [-0.1, -0.05) is 24.4 Å². The quantitative estimate of drug-likeness (QED) is 0.494. The third-order valence-corrected chi connectivity index (χ3v) is 4.68. The Morgan fingerprint density at radius 1 is 1.40 bits per heavy atom. The summed E-state index contributed by atoms with van der Waals surface area (Å²) in [5.74, 6) is 7.17. The molecule has 1 saturated carbocycles. The molecule has 1 aliphatic carbocycles. The second-order valence-electron chi connectivity index (χ2n) is 5.98. The van der Waals surface area contributed by atoms with Crippen LogP contribution in [-0.4, -0.2) is 29.1 Å². The van der Waals surface area contributed by atoms with E-state index in [1.807, 2.05) is 0 Å². The zero-order valence-electron chi connectivity index (χ0n) is 11.7. The van der Waals surface area contributed by atoms with E-state index in [2.05, 4.69) is 15.5 Å². The van der Waals surface area contributed by atoms with E-state index in [1.54, 1.807) is 6.07 Å². The smallest absolute Gasteiger partial charge is 0.287 e. The Kier molecular flexibility index (Phi) is 4.03. The first-order valence-corrected chi connectivity index (χ1v) is 7.45. The molecule has 0 aromatic carbocycles. The Morgan fingerprint density at radius 3 is 3.00 bits per heavy atom. The summed E-state index contributed by atoms with van der Waals surface area (Å²) in [7, 11) is 0. The number of carbonyl (C=O) groups excluding carboxylic acids is 1. The lowest BCUT2D eigenvalue weighted by atomic mass is 9.75. The Bertz CT molecular complexity index is 473. The predicted octanol–water partition coefficient (Wildman–Crippen LogP) is 1.29. The van der Waals surface area contributed by atoms with Crippen LogP contribution in [0.15, 0.2) is 10.6 Å². The molecule has 1 aliphatic heterocycles. The number of nitrogens with zero attached hydrogens (tertiary/aromatic N) is 2. The van der Waals surface area contributed by atoms with Crippen molar-refractivity contribution in [3.05, 3.63) is 17.5 Å². The zero-order valence-corrected chi connectivity index (χ0v) is 11.7. The summed E-state index contributed by atoms with van der Waals surface area (Å²) in [5.41, 5.74) is 2.31. The maximum absolute atomic E-state index is 11.3. The summed E-state index contributed by atoms with van der Waals surface area (Å²) in [4.78, 5) is 13.7. The molecular formula is C14H22N4O2. The first-order valence-electron chi connectivity index (χ1n) is 7.45. The molecule has 2 aliphatic rings. The highest BCUT2D eigenvalue weighted by Gasteiger charge is 2.31. The van der Waals surface area contributed by atoms with Crippen LogP contribution in [0.5, 0.6) is 0 Å². The van der Waals surface area contributed by atoms with E-state index >= 15 is 0 Å². The SMILES string of the molecule is NNC(=O)c1cc(CN2CCC3CCCCC3C2)on1. The number of carbonyl (C=O) groups is 1. The highest BCUT2D eigenvalue weighted by Crippen LogP contribution is 2.36. The average Bonchev–Trinajstić information content (AvgIpc) is 2.95. The minimum Gasteiger partial charge on any atom is -0.359 e. The Morgan fingerprint density at radius 2 is 2.20 bits per heavy atom. The van der Waals surface area contributed by atoms with Crippen molar-refractivity contribution in [3.63, 3.8) is 0 Å². The summed E-state index contributed by atoms with van der Waals surface area (Å²) >= 11 is 0. The molecule has 2 atom stereocenters. The van der Waals surface area contributed by atoms with Crippen LogP contribution in [0.3, 0.4) is 0 Å². The molecule has 6 heteroatoms. The van der Waals surface area contributed by atoms with Gasteiger partial charge >= 0.3 is 0 Å². The zero-order chi connectivity index (χ0) is 13.9. The minimum atomic E-state index is -0.411. The van der Waals surface area contributed by atoms with Crippen molar-refractivity contribution >= 4 is 5.91 Å². The summed E-state index contributed by atoms with van der Waals surface area (Å²) in [6, 6.07) is 1.68. The minimum absolute atomic E-state index is 0.245. The van der Waals surface area contributed by atoms with Crippen molar-refractivity contribution in [3.8, 4) is 0 Å². The van der Waals surface area contributed by atoms with Gasteiger partial charge in [-0.15, -0.1) is 0 Å². The van der Waals surface area contributed by atoms with E-state index < -0.39 is 5.91 Å². The lowest BCUT2D eigenvalue weighted by Gasteiger charge is -2.40. The fourth-order valence-corrected chi connectivity index (χ4v) is 3.61. The van der Waals surface area contributed by atoms with Crippen LogP contribution in [-0.2, 0) is 6.54 Å². The van der Waals surface area contributed by atoms with Gasteiger partial charge in [0, 0.05) is 12.6 Å². The number of hydrogen-bond acceptors (Lipinski definition) is 5. The molecule has 1 aromatic rings. The lowest BCUT2D eigenvalue weighted by molar-refractivity contribution is 0.0758. The van der Waals surface area contributed by atoms with Gasteiger partial charge in [0.2, 0.25) is 0 Å². The molecule has 0 spiro atoms. The van der Waals surface area contributed by atoms with Gasteiger partial charge in [-0.3, -0.25) is 15.1 Å². The second kappa shape index (κ2) is 5.93. The normalized spacial score (nSPS) is 27.1. The van der Waals surface area contributed by atoms with Gasteiger partial charge < -0.3 is 4.52 Å². The molecule has 1 amide bonds. The van der Waals surface area contributed by atoms with Crippen molar-refractivity contribution in [1.82, 2.24) is 15.5 Å². The van der Waals surface area contributed by atoms with Crippen LogP contribution in [0.1, 0.15) is 48.4 Å². The van der Waals surface area contributed by atoms with Crippen molar-refractivity contribution in [2.75, 3.05) is 13.1 Å². The third-order valence-electron chi connectivity index (χ3n) is 4.68. The Labute approximate surface area is 118 Å². The molecule has 110 valence electrons. The number of likely N-dealkylation sites (tertiary alicyclic amines) is 1. The van der Waals surface area contributed by atoms with Crippen molar-refractivity contribution in [1.29, 1.82) is 0 Å². The Hall–Kier alpha value is -1.40. The third kappa shape index (κ3) is 2.86. The molecule has 1 aromatic heterocycles. The van der Waals surface area contributed by atoms with Crippen molar-refractivity contribution in [2.24, 2.45) is 17.7 Å². The summed E-state index contributed by atoms with van der Waals surface area (Å²) < 4.78 is 5.22. The maximum Gasteiger partial charge on any atom is 0.287 e. The van der Waals surface area contributed by atoms with Crippen LogP contribution >= 0.6 is 0 Å². The summed E-state index contributed by atoms with van der Waals surface area (Å²) in [5, 5.41) is 3.74. The van der Waals surface area contributed by atoms with Gasteiger partial charge in [0.1, 0.15) is 0 Å². The van der Waals surface area contributed by atoms with Gasteiger partial charge in [-0.25, -0.2) is 5.84 Å². The molecule has 2 fully saturated rings. The standard InChI is InChI=1S/C14H22N4O2/c15-16-14(19)13-7-12(20-17-13)9-18-6-5-10-3-1-2-4-11(10)8-18/h7,10-11H,1-6,8-9,15H2,(H,16,19). The fourth-order valence-electron chi connectivity index (χ4n) is 3.61. The van der Waals surface area contributed by atoms with Crippen molar-refractivity contribution < 1.29 is 9.32 Å². The number of piperidine rings is 1. The van der Waals surface area contributed by atoms with Gasteiger partial charge in [0.05, 0.1) is 6.54 Å². The molecule has 2 heterocycles. The van der Waals surface area contributed by atoms with Crippen LogP contribution in [0.2, 0.25) is 0 Å². The first-order chi connectivity index (χ1) is 9.76. The topological polar surface area (TPSA) is 84.4 Å². The van der Waals surface area contributed by atoms with Crippen LogP contribution in [0.25, 0.3) is 0 Å². The maximum atomic E-state index is 11.3. The molecule has 0 bridgehead atoms. The highest BCUT2D eigenvalue weighted by molar-refractivity contribution is 5.91. The monoisotopic (exact) mass is 278 g/mol. The number of nitrogen functional groups attached to an aromatic ring is 1. The molecule has 3 N–H and O–H groups in total. The van der Waals surface area contributed by atoms with E-state index in [4.69, 9.17) is 10.4 Å². The number of fused-ring (bicyclic) bond motifs is 1. The number of nitrogens with two attached hydrogens (primary N) is 1.